The number of thiophene rings is 1. The van der Waals surface area contributed by atoms with Crippen molar-refractivity contribution in [2.75, 3.05) is 0 Å². The largest absolute Gasteiger partial charge is 0.365 e. The Morgan fingerprint density at radius 3 is 2.85 bits per heavy atom. The van der Waals surface area contributed by atoms with Crippen LogP contribution in [0.15, 0.2) is 24.3 Å². The maximum Gasteiger partial charge on any atom is 0.258 e. The number of hydrogen-bond acceptors (Lipinski definition) is 2. The minimum Gasteiger partial charge on any atom is -0.365 e. The van der Waals surface area contributed by atoms with Crippen molar-refractivity contribution in [3.05, 3.63) is 34.7 Å². The first-order chi connectivity index (χ1) is 6.16. The fourth-order valence-electron chi connectivity index (χ4n) is 1.28. The SMILES string of the molecule is Cc1ccc2sc(C(N)=O)cc2c1. The van der Waals surface area contributed by atoms with Gasteiger partial charge in [0.1, 0.15) is 0 Å². The molecule has 0 spiro atoms. The molecule has 0 fully saturated rings. The Labute approximate surface area is 80.0 Å². The molecule has 66 valence electrons. The number of rotatable bonds is 1. The van der Waals surface area contributed by atoms with Gasteiger partial charge in [-0.25, -0.2) is 0 Å². The highest BCUT2D eigenvalue weighted by molar-refractivity contribution is 7.20. The monoisotopic (exact) mass is 191 g/mol. The van der Waals surface area contributed by atoms with Gasteiger partial charge in [-0.3, -0.25) is 4.79 Å². The van der Waals surface area contributed by atoms with E-state index >= 15 is 0 Å². The molecule has 2 aromatic rings. The lowest BCUT2D eigenvalue weighted by atomic mass is 10.2. The molecule has 0 aliphatic rings. The van der Waals surface area contributed by atoms with Crippen molar-refractivity contribution < 1.29 is 4.79 Å². The third kappa shape index (κ3) is 1.42. The first kappa shape index (κ1) is 8.26. The first-order valence-corrected chi connectivity index (χ1v) is 4.78. The number of carbonyl (C=O) groups is 1. The summed E-state index contributed by atoms with van der Waals surface area (Å²) in [5.41, 5.74) is 6.38. The van der Waals surface area contributed by atoms with E-state index in [-0.39, 0.29) is 5.91 Å². The lowest BCUT2D eigenvalue weighted by Gasteiger charge is -1.89. The van der Waals surface area contributed by atoms with Crippen LogP contribution in [-0.4, -0.2) is 5.91 Å². The summed E-state index contributed by atoms with van der Waals surface area (Å²) in [7, 11) is 0. The minimum absolute atomic E-state index is 0.348. The van der Waals surface area contributed by atoms with E-state index in [1.54, 1.807) is 0 Å². The van der Waals surface area contributed by atoms with E-state index in [9.17, 15) is 4.79 Å². The number of benzene rings is 1. The van der Waals surface area contributed by atoms with Crippen molar-refractivity contribution in [3.63, 3.8) is 0 Å². The summed E-state index contributed by atoms with van der Waals surface area (Å²) in [6, 6.07) is 7.94. The molecule has 1 heterocycles. The van der Waals surface area contributed by atoms with E-state index in [1.165, 1.54) is 16.9 Å². The third-order valence-electron chi connectivity index (χ3n) is 1.91. The van der Waals surface area contributed by atoms with Crippen LogP contribution in [0.2, 0.25) is 0 Å². The predicted molar refractivity (Wildman–Crippen MR) is 55.1 cm³/mol. The molecule has 3 heteroatoms. The number of carbonyl (C=O) groups excluding carboxylic acids is 1. The predicted octanol–water partition coefficient (Wildman–Crippen LogP) is 2.31. The Morgan fingerprint density at radius 1 is 1.38 bits per heavy atom. The molecule has 1 amide bonds. The lowest BCUT2D eigenvalue weighted by molar-refractivity contribution is 0.100. The van der Waals surface area contributed by atoms with Crippen molar-refractivity contribution in [1.82, 2.24) is 0 Å². The van der Waals surface area contributed by atoms with E-state index < -0.39 is 0 Å². The average Bonchev–Trinajstić information content (AvgIpc) is 2.46. The van der Waals surface area contributed by atoms with Crippen LogP contribution in [0, 0.1) is 6.92 Å². The van der Waals surface area contributed by atoms with Crippen LogP contribution in [-0.2, 0) is 0 Å². The summed E-state index contributed by atoms with van der Waals surface area (Å²) in [4.78, 5) is 11.5. The Hall–Kier alpha value is -1.35. The molecule has 0 unspecified atom stereocenters. The van der Waals surface area contributed by atoms with Crippen molar-refractivity contribution in [1.29, 1.82) is 0 Å². The molecule has 2 nitrogen and oxygen atoms in total. The number of fused-ring (bicyclic) bond motifs is 1. The Bertz CT molecular complexity index is 473. The summed E-state index contributed by atoms with van der Waals surface area (Å²) in [5, 5.41) is 1.10. The summed E-state index contributed by atoms with van der Waals surface area (Å²) in [6.45, 7) is 2.03. The van der Waals surface area contributed by atoms with Gasteiger partial charge in [-0.05, 0) is 24.4 Å². The topological polar surface area (TPSA) is 43.1 Å². The summed E-state index contributed by atoms with van der Waals surface area (Å²) in [6.07, 6.45) is 0. The van der Waals surface area contributed by atoms with Crippen molar-refractivity contribution in [3.8, 4) is 0 Å². The van der Waals surface area contributed by atoms with Gasteiger partial charge in [0.05, 0.1) is 4.88 Å². The van der Waals surface area contributed by atoms with Gasteiger partial charge in [-0.1, -0.05) is 17.7 Å². The van der Waals surface area contributed by atoms with E-state index in [1.807, 2.05) is 25.1 Å². The average molecular weight is 191 g/mol. The maximum atomic E-state index is 10.9. The molecular weight excluding hydrogens is 182 g/mol. The second-order valence-electron chi connectivity index (χ2n) is 3.02. The van der Waals surface area contributed by atoms with Crippen LogP contribution < -0.4 is 5.73 Å². The smallest absolute Gasteiger partial charge is 0.258 e. The minimum atomic E-state index is -0.348. The normalized spacial score (nSPS) is 10.5. The highest BCUT2D eigenvalue weighted by Crippen LogP contribution is 2.25. The Balaban J connectivity index is 2.68. The zero-order valence-electron chi connectivity index (χ0n) is 7.20. The van der Waals surface area contributed by atoms with Crippen LogP contribution in [0.1, 0.15) is 15.2 Å². The highest BCUT2D eigenvalue weighted by Gasteiger charge is 2.05. The van der Waals surface area contributed by atoms with Gasteiger partial charge in [0, 0.05) is 4.70 Å². The molecule has 1 aromatic carbocycles. The summed E-state index contributed by atoms with van der Waals surface area (Å²) in [5.74, 6) is -0.348. The van der Waals surface area contributed by atoms with Crippen LogP contribution in [0.3, 0.4) is 0 Å². The molecular formula is C10H9NOS. The number of nitrogens with two attached hydrogens (primary N) is 1. The Morgan fingerprint density at radius 2 is 2.15 bits per heavy atom. The van der Waals surface area contributed by atoms with Crippen molar-refractivity contribution >= 4 is 27.3 Å². The van der Waals surface area contributed by atoms with E-state index in [0.717, 1.165) is 10.1 Å². The number of hydrogen-bond donors (Lipinski definition) is 1. The molecule has 0 saturated carbocycles. The zero-order valence-corrected chi connectivity index (χ0v) is 8.02. The molecule has 1 aromatic heterocycles. The fraction of sp³-hybridized carbons (Fsp3) is 0.100. The number of aryl methyl sites for hydroxylation is 1. The van der Waals surface area contributed by atoms with Gasteiger partial charge in [0.25, 0.3) is 5.91 Å². The van der Waals surface area contributed by atoms with Crippen LogP contribution in [0.4, 0.5) is 0 Å². The van der Waals surface area contributed by atoms with Gasteiger partial charge in [-0.2, -0.15) is 0 Å². The van der Waals surface area contributed by atoms with Crippen molar-refractivity contribution in [2.45, 2.75) is 6.92 Å². The molecule has 2 N–H and O–H groups in total. The summed E-state index contributed by atoms with van der Waals surface area (Å²) < 4.78 is 1.11. The number of amides is 1. The van der Waals surface area contributed by atoms with E-state index in [4.69, 9.17) is 5.73 Å². The van der Waals surface area contributed by atoms with Crippen LogP contribution in [0.5, 0.6) is 0 Å². The van der Waals surface area contributed by atoms with E-state index in [0.29, 0.717) is 4.88 Å². The van der Waals surface area contributed by atoms with Crippen molar-refractivity contribution in [2.24, 2.45) is 5.73 Å². The third-order valence-corrected chi connectivity index (χ3v) is 3.05. The molecule has 0 atom stereocenters. The van der Waals surface area contributed by atoms with E-state index in [2.05, 4.69) is 6.07 Å². The molecule has 0 aliphatic carbocycles. The quantitative estimate of drug-likeness (QED) is 0.738. The molecule has 0 aliphatic heterocycles. The van der Waals surface area contributed by atoms with Gasteiger partial charge in [0.2, 0.25) is 0 Å². The van der Waals surface area contributed by atoms with Gasteiger partial charge in [-0.15, -0.1) is 11.3 Å². The Kier molecular flexibility index (Phi) is 1.81. The molecule has 2 rings (SSSR count). The molecule has 0 saturated heterocycles. The fourth-order valence-corrected chi connectivity index (χ4v) is 2.18. The van der Waals surface area contributed by atoms with Gasteiger partial charge in [0.15, 0.2) is 0 Å². The van der Waals surface area contributed by atoms with Crippen LogP contribution >= 0.6 is 11.3 Å². The van der Waals surface area contributed by atoms with Gasteiger partial charge >= 0.3 is 0 Å². The highest BCUT2D eigenvalue weighted by atomic mass is 32.1. The second-order valence-corrected chi connectivity index (χ2v) is 4.10. The first-order valence-electron chi connectivity index (χ1n) is 3.97. The molecule has 13 heavy (non-hydrogen) atoms. The lowest BCUT2D eigenvalue weighted by Crippen LogP contribution is -2.07. The second kappa shape index (κ2) is 2.85. The number of primary amides is 1. The van der Waals surface area contributed by atoms with Crippen LogP contribution in [0.25, 0.3) is 10.1 Å². The zero-order chi connectivity index (χ0) is 9.42. The summed E-state index contributed by atoms with van der Waals surface area (Å²) >= 11 is 1.44. The standard InChI is InChI=1S/C10H9NOS/c1-6-2-3-8-7(4-6)5-9(13-8)10(11)12/h2-5H,1H3,(H2,11,12). The maximum absolute atomic E-state index is 10.9. The molecule has 0 radical (unpaired) electrons. The van der Waals surface area contributed by atoms with Gasteiger partial charge < -0.3 is 5.73 Å². The molecule has 0 bridgehead atoms.